The first kappa shape index (κ1) is 28.3. The van der Waals surface area contributed by atoms with Gasteiger partial charge in [0.15, 0.2) is 0 Å². The molecule has 0 aromatic carbocycles. The second-order valence-electron chi connectivity index (χ2n) is 15.1. The first-order valence-electron chi connectivity index (χ1n) is 15.9. The molecule has 5 heteroatoms. The van der Waals surface area contributed by atoms with Crippen molar-refractivity contribution in [2.45, 2.75) is 123 Å². The summed E-state index contributed by atoms with van der Waals surface area (Å²) in [5.74, 6) is 4.60. The molecule has 4 aliphatic carbocycles. The summed E-state index contributed by atoms with van der Waals surface area (Å²) in [4.78, 5) is 2.22. The van der Waals surface area contributed by atoms with Gasteiger partial charge in [0.25, 0.3) is 0 Å². The van der Waals surface area contributed by atoms with Crippen LogP contribution in [-0.2, 0) is 4.74 Å². The van der Waals surface area contributed by atoms with Gasteiger partial charge in [-0.1, -0.05) is 53.9 Å². The molecule has 5 nitrogen and oxygen atoms in total. The molecule has 4 saturated carbocycles. The SMILES string of the molecule is CC(C)CCC[C@@H](C)[C@H]1CC[C@H]2[C@@H]3CC4(CN(CCO)CCO)OC45CC(O)CC[C@]5(C)[C@H]3CC[C@]12C. The van der Waals surface area contributed by atoms with Crippen LogP contribution in [0.25, 0.3) is 0 Å². The van der Waals surface area contributed by atoms with Crippen LogP contribution in [0.5, 0.6) is 0 Å². The van der Waals surface area contributed by atoms with Crippen molar-refractivity contribution in [2.75, 3.05) is 32.8 Å². The van der Waals surface area contributed by atoms with E-state index in [1.807, 2.05) is 0 Å². The molecule has 1 heterocycles. The minimum absolute atomic E-state index is 0.103. The Bertz CT molecular complexity index is 800. The average molecular weight is 520 g/mol. The quantitative estimate of drug-likeness (QED) is 0.325. The second-order valence-corrected chi connectivity index (χ2v) is 15.1. The van der Waals surface area contributed by atoms with Crippen LogP contribution in [0, 0.1) is 46.3 Å². The van der Waals surface area contributed by atoms with E-state index < -0.39 is 0 Å². The van der Waals surface area contributed by atoms with Gasteiger partial charge in [-0.3, -0.25) is 4.90 Å². The Morgan fingerprint density at radius 1 is 0.892 bits per heavy atom. The molecule has 0 radical (unpaired) electrons. The van der Waals surface area contributed by atoms with Crippen LogP contribution in [-0.4, -0.2) is 70.4 Å². The Morgan fingerprint density at radius 2 is 1.62 bits per heavy atom. The zero-order chi connectivity index (χ0) is 26.6. The number of fused-ring (bicyclic) bond motifs is 4. The topological polar surface area (TPSA) is 76.5 Å². The Kier molecular flexibility index (Phi) is 7.91. The molecule has 10 atom stereocenters. The van der Waals surface area contributed by atoms with Crippen LogP contribution in [0.2, 0.25) is 0 Å². The number of rotatable bonds is 11. The molecule has 5 fully saturated rings. The number of ether oxygens (including phenoxy) is 1. The molecule has 5 rings (SSSR count). The van der Waals surface area contributed by atoms with Crippen LogP contribution in [0.1, 0.15) is 105 Å². The van der Waals surface area contributed by atoms with Crippen LogP contribution in [0.3, 0.4) is 0 Å². The summed E-state index contributed by atoms with van der Waals surface area (Å²) in [5.41, 5.74) is 0.0716. The zero-order valence-electron chi connectivity index (χ0n) is 24.6. The molecule has 1 saturated heterocycles. The first-order chi connectivity index (χ1) is 17.6. The lowest BCUT2D eigenvalue weighted by Gasteiger charge is -2.61. The summed E-state index contributed by atoms with van der Waals surface area (Å²) in [6.07, 6.45) is 13.1. The van der Waals surface area contributed by atoms with E-state index in [9.17, 15) is 15.3 Å². The number of hydrogen-bond donors (Lipinski definition) is 3. The van der Waals surface area contributed by atoms with Gasteiger partial charge in [-0.05, 0) is 85.9 Å². The highest BCUT2D eigenvalue weighted by Gasteiger charge is 2.83. The maximum Gasteiger partial charge on any atom is 0.112 e. The van der Waals surface area contributed by atoms with Crippen molar-refractivity contribution in [1.82, 2.24) is 4.90 Å². The van der Waals surface area contributed by atoms with E-state index in [1.54, 1.807) is 0 Å². The largest absolute Gasteiger partial charge is 0.395 e. The lowest BCUT2D eigenvalue weighted by Crippen LogP contribution is -2.63. The molecule has 0 amide bonds. The van der Waals surface area contributed by atoms with E-state index in [2.05, 4.69) is 39.5 Å². The zero-order valence-corrected chi connectivity index (χ0v) is 24.6. The van der Waals surface area contributed by atoms with Gasteiger partial charge in [0.2, 0.25) is 0 Å². The standard InChI is InChI=1S/C32H57NO4/c1-22(2)7-6-8-23(3)26-9-10-27-25-20-31(21-33(15-17-34)16-18-35)32(37-31)19-24(36)11-14-30(32,5)28(25)12-13-29(26,27)4/h22-28,34-36H,6-21H2,1-5H3/t23-,24?,25+,26-,27+,28+,29-,30-,31?,32?/m1/s1. The highest BCUT2D eigenvalue weighted by atomic mass is 16.6. The van der Waals surface area contributed by atoms with Crippen molar-refractivity contribution < 1.29 is 20.1 Å². The molecule has 1 spiro atoms. The Labute approximate surface area is 226 Å². The van der Waals surface area contributed by atoms with Crippen LogP contribution in [0.15, 0.2) is 0 Å². The molecule has 0 aromatic heterocycles. The van der Waals surface area contributed by atoms with Crippen molar-refractivity contribution in [3.05, 3.63) is 0 Å². The lowest BCUT2D eigenvalue weighted by molar-refractivity contribution is -0.124. The molecule has 3 unspecified atom stereocenters. The van der Waals surface area contributed by atoms with Gasteiger partial charge in [-0.2, -0.15) is 0 Å². The monoisotopic (exact) mass is 519 g/mol. The van der Waals surface area contributed by atoms with Gasteiger partial charge in [0.05, 0.1) is 19.3 Å². The van der Waals surface area contributed by atoms with Crippen LogP contribution >= 0.6 is 0 Å². The highest BCUT2D eigenvalue weighted by molar-refractivity contribution is 5.31. The highest BCUT2D eigenvalue weighted by Crippen LogP contribution is 2.78. The molecule has 1 aliphatic heterocycles. The van der Waals surface area contributed by atoms with Crippen LogP contribution in [0.4, 0.5) is 0 Å². The Hall–Kier alpha value is -0.200. The van der Waals surface area contributed by atoms with Crippen molar-refractivity contribution >= 4 is 0 Å². The van der Waals surface area contributed by atoms with Gasteiger partial charge in [0, 0.05) is 31.5 Å². The lowest BCUT2D eigenvalue weighted by atomic mass is 9.42. The summed E-state index contributed by atoms with van der Waals surface area (Å²) < 4.78 is 7.01. The van der Waals surface area contributed by atoms with Gasteiger partial charge < -0.3 is 20.1 Å². The summed E-state index contributed by atoms with van der Waals surface area (Å²) in [7, 11) is 0. The normalized spacial score (nSPS) is 47.4. The van der Waals surface area contributed by atoms with Gasteiger partial charge in [-0.15, -0.1) is 0 Å². The minimum atomic E-state index is -0.271. The van der Waals surface area contributed by atoms with Gasteiger partial charge in [-0.25, -0.2) is 0 Å². The fraction of sp³-hybridized carbons (Fsp3) is 1.00. The summed E-state index contributed by atoms with van der Waals surface area (Å²) in [6, 6.07) is 0. The molecular formula is C32H57NO4. The van der Waals surface area contributed by atoms with Crippen molar-refractivity contribution in [2.24, 2.45) is 46.3 Å². The molecule has 214 valence electrons. The summed E-state index contributed by atoms with van der Waals surface area (Å²) in [5, 5.41) is 30.3. The molecule has 0 bridgehead atoms. The van der Waals surface area contributed by atoms with Crippen molar-refractivity contribution in [3.63, 3.8) is 0 Å². The van der Waals surface area contributed by atoms with E-state index in [0.717, 1.165) is 55.9 Å². The molecular weight excluding hydrogens is 462 g/mol. The molecule has 0 aromatic rings. The van der Waals surface area contributed by atoms with E-state index >= 15 is 0 Å². The number of nitrogens with zero attached hydrogens (tertiary/aromatic N) is 1. The van der Waals surface area contributed by atoms with E-state index in [4.69, 9.17) is 4.74 Å². The fourth-order valence-electron chi connectivity index (χ4n) is 11.1. The molecule has 37 heavy (non-hydrogen) atoms. The first-order valence-corrected chi connectivity index (χ1v) is 15.9. The van der Waals surface area contributed by atoms with Gasteiger partial charge >= 0.3 is 0 Å². The van der Waals surface area contributed by atoms with E-state index in [-0.39, 0.29) is 35.9 Å². The minimum Gasteiger partial charge on any atom is -0.395 e. The molecule has 3 N–H and O–H groups in total. The van der Waals surface area contributed by atoms with Crippen molar-refractivity contribution in [3.8, 4) is 0 Å². The third-order valence-corrected chi connectivity index (χ3v) is 12.8. The maximum absolute atomic E-state index is 10.8. The predicted molar refractivity (Wildman–Crippen MR) is 148 cm³/mol. The van der Waals surface area contributed by atoms with Crippen molar-refractivity contribution in [1.29, 1.82) is 0 Å². The second kappa shape index (κ2) is 10.3. The number of hydrogen-bond acceptors (Lipinski definition) is 5. The Balaban J connectivity index is 1.41. The van der Waals surface area contributed by atoms with Crippen LogP contribution < -0.4 is 0 Å². The third kappa shape index (κ3) is 4.46. The average Bonchev–Trinajstić information content (AvgIpc) is 3.29. The maximum atomic E-state index is 10.8. The number of epoxide rings is 1. The van der Waals surface area contributed by atoms with E-state index in [0.29, 0.717) is 30.3 Å². The smallest absolute Gasteiger partial charge is 0.112 e. The molecule has 5 aliphatic rings. The Morgan fingerprint density at radius 3 is 2.30 bits per heavy atom. The fourth-order valence-corrected chi connectivity index (χ4v) is 11.1. The number of aliphatic hydroxyl groups is 3. The van der Waals surface area contributed by atoms with E-state index in [1.165, 1.54) is 44.9 Å². The summed E-state index contributed by atoms with van der Waals surface area (Å²) >= 11 is 0. The number of aliphatic hydroxyl groups excluding tert-OH is 3. The van der Waals surface area contributed by atoms with Gasteiger partial charge in [0.1, 0.15) is 11.2 Å². The predicted octanol–water partition coefficient (Wildman–Crippen LogP) is 5.26. The summed E-state index contributed by atoms with van der Waals surface area (Å²) in [6.45, 7) is 14.6. The third-order valence-electron chi connectivity index (χ3n) is 12.8.